The summed E-state index contributed by atoms with van der Waals surface area (Å²) in [6.07, 6.45) is -0.00317. The molecule has 206 valence electrons. The molecule has 0 heterocycles. The molecule has 11 heteroatoms. The third-order valence-electron chi connectivity index (χ3n) is 5.56. The number of carbonyl (C=O) groups excluding carboxylic acids is 4. The Morgan fingerprint density at radius 2 is 1.65 bits per heavy atom. The first-order chi connectivity index (χ1) is 17.4. The van der Waals surface area contributed by atoms with Gasteiger partial charge in [0.2, 0.25) is 0 Å². The molecule has 37 heavy (non-hydrogen) atoms. The number of benzene rings is 1. The topological polar surface area (TPSA) is 142 Å². The summed E-state index contributed by atoms with van der Waals surface area (Å²) < 4.78 is 20.6. The van der Waals surface area contributed by atoms with Crippen LogP contribution in [0.4, 0.5) is 0 Å². The zero-order valence-corrected chi connectivity index (χ0v) is 22.8. The van der Waals surface area contributed by atoms with Crippen LogP contribution in [-0.4, -0.2) is 72.9 Å². The van der Waals surface area contributed by atoms with E-state index in [1.807, 2.05) is 6.92 Å². The zero-order chi connectivity index (χ0) is 28.0. The lowest BCUT2D eigenvalue weighted by Gasteiger charge is -2.23. The minimum atomic E-state index is -1.30. The van der Waals surface area contributed by atoms with Crippen LogP contribution < -0.4 is 0 Å². The smallest absolute Gasteiger partial charge is 0.339 e. The number of carboxylic acids is 1. The molecule has 10 nitrogen and oxygen atoms in total. The molecule has 1 aromatic carbocycles. The number of carbonyl (C=O) groups is 5. The van der Waals surface area contributed by atoms with Crippen molar-refractivity contribution >= 4 is 41.6 Å². The second-order valence-corrected chi connectivity index (χ2v) is 10.1. The average Bonchev–Trinajstić information content (AvgIpc) is 2.88. The predicted octanol–water partition coefficient (Wildman–Crippen LogP) is 3.76. The van der Waals surface area contributed by atoms with Crippen LogP contribution in [-0.2, 0) is 33.3 Å². The Kier molecular flexibility index (Phi) is 13.7. The predicted molar refractivity (Wildman–Crippen MR) is 136 cm³/mol. The standard InChI is InChI=1S/C26H36O10S/c1-6-26(3,4)25(32)35-15-18(36-24(31)20-11-8-7-10-19(20)22(28)29)14-34-21(27)12-9-13-37-16-17(2)23(30)33-5/h7-8,10-11,17-18H,6,9,12-16H2,1-5H3,(H,28,29). The van der Waals surface area contributed by atoms with E-state index in [0.717, 1.165) is 0 Å². The second-order valence-electron chi connectivity index (χ2n) is 9.00. The van der Waals surface area contributed by atoms with E-state index in [-0.39, 0.29) is 42.6 Å². The lowest BCUT2D eigenvalue weighted by molar-refractivity contribution is -0.160. The van der Waals surface area contributed by atoms with Gasteiger partial charge >= 0.3 is 29.8 Å². The highest BCUT2D eigenvalue weighted by atomic mass is 32.2. The van der Waals surface area contributed by atoms with Gasteiger partial charge in [0, 0.05) is 12.2 Å². The summed E-state index contributed by atoms with van der Waals surface area (Å²) in [7, 11) is 1.33. The van der Waals surface area contributed by atoms with Gasteiger partial charge < -0.3 is 24.1 Å². The minimum Gasteiger partial charge on any atom is -0.478 e. The maximum Gasteiger partial charge on any atom is 0.339 e. The van der Waals surface area contributed by atoms with E-state index in [4.69, 9.17) is 14.2 Å². The Hall–Kier alpha value is -3.08. The number of hydrogen-bond donors (Lipinski definition) is 1. The number of carboxylic acid groups (broad SMARTS) is 1. The van der Waals surface area contributed by atoms with E-state index in [9.17, 15) is 29.1 Å². The number of ether oxygens (including phenoxy) is 4. The molecular formula is C26H36O10S. The van der Waals surface area contributed by atoms with Crippen molar-refractivity contribution in [3.8, 4) is 0 Å². The van der Waals surface area contributed by atoms with Gasteiger partial charge in [0.1, 0.15) is 13.2 Å². The van der Waals surface area contributed by atoms with Crippen molar-refractivity contribution in [2.45, 2.75) is 53.1 Å². The third kappa shape index (κ3) is 11.2. The monoisotopic (exact) mass is 540 g/mol. The highest BCUT2D eigenvalue weighted by molar-refractivity contribution is 7.99. The van der Waals surface area contributed by atoms with Gasteiger partial charge in [0.25, 0.3) is 0 Å². The molecule has 2 unspecified atom stereocenters. The number of esters is 4. The lowest BCUT2D eigenvalue weighted by atomic mass is 9.91. The van der Waals surface area contributed by atoms with Gasteiger partial charge in [-0.2, -0.15) is 11.8 Å². The van der Waals surface area contributed by atoms with Crippen LogP contribution in [0.25, 0.3) is 0 Å². The maximum atomic E-state index is 12.7. The summed E-state index contributed by atoms with van der Waals surface area (Å²) in [5.74, 6) is -2.63. The van der Waals surface area contributed by atoms with Gasteiger partial charge in [-0.15, -0.1) is 0 Å². The molecule has 0 saturated carbocycles. The first-order valence-electron chi connectivity index (χ1n) is 11.9. The van der Waals surface area contributed by atoms with Crippen LogP contribution in [0.2, 0.25) is 0 Å². The average molecular weight is 541 g/mol. The van der Waals surface area contributed by atoms with Gasteiger partial charge in [-0.25, -0.2) is 9.59 Å². The first-order valence-corrected chi connectivity index (χ1v) is 13.1. The van der Waals surface area contributed by atoms with Gasteiger partial charge in [-0.05, 0) is 44.6 Å². The Bertz CT molecular complexity index is 943. The van der Waals surface area contributed by atoms with Crippen LogP contribution in [0.3, 0.4) is 0 Å². The van der Waals surface area contributed by atoms with Crippen molar-refractivity contribution < 1.29 is 48.0 Å². The quantitative estimate of drug-likeness (QED) is 0.186. The van der Waals surface area contributed by atoms with Crippen molar-refractivity contribution in [1.29, 1.82) is 0 Å². The molecule has 0 spiro atoms. The van der Waals surface area contributed by atoms with Crippen molar-refractivity contribution in [2.75, 3.05) is 31.8 Å². The van der Waals surface area contributed by atoms with E-state index < -0.39 is 35.4 Å². The normalized spacial score (nSPS) is 12.7. The fourth-order valence-electron chi connectivity index (χ4n) is 2.79. The highest BCUT2D eigenvalue weighted by Crippen LogP contribution is 2.22. The molecule has 0 saturated heterocycles. The van der Waals surface area contributed by atoms with Crippen molar-refractivity contribution in [3.05, 3.63) is 35.4 Å². The van der Waals surface area contributed by atoms with Crippen LogP contribution >= 0.6 is 11.8 Å². The molecule has 1 N–H and O–H groups in total. The SMILES string of the molecule is CCC(C)(C)C(=O)OCC(COC(=O)CCCSCC(C)C(=O)OC)OC(=O)c1ccccc1C(=O)O. The van der Waals surface area contributed by atoms with E-state index in [2.05, 4.69) is 4.74 Å². The first kappa shape index (κ1) is 31.9. The number of thioether (sulfide) groups is 1. The summed E-state index contributed by atoms with van der Waals surface area (Å²) in [4.78, 5) is 60.1. The van der Waals surface area contributed by atoms with Crippen LogP contribution in [0.5, 0.6) is 0 Å². The summed E-state index contributed by atoms with van der Waals surface area (Å²) >= 11 is 1.51. The Morgan fingerprint density at radius 1 is 1.03 bits per heavy atom. The molecule has 0 aliphatic heterocycles. The lowest BCUT2D eigenvalue weighted by Crippen LogP contribution is -2.34. The molecule has 0 radical (unpaired) electrons. The van der Waals surface area contributed by atoms with Crippen molar-refractivity contribution in [2.24, 2.45) is 11.3 Å². The molecule has 0 fully saturated rings. The van der Waals surface area contributed by atoms with Gasteiger partial charge in [0.05, 0.1) is 29.6 Å². The molecule has 1 aromatic rings. The Balaban J connectivity index is 2.71. The third-order valence-corrected chi connectivity index (χ3v) is 6.87. The molecule has 1 rings (SSSR count). The van der Waals surface area contributed by atoms with Crippen LogP contribution in [0.1, 0.15) is 67.7 Å². The second kappa shape index (κ2) is 15.9. The summed E-state index contributed by atoms with van der Waals surface area (Å²) in [6, 6.07) is 5.54. The largest absolute Gasteiger partial charge is 0.478 e. The molecule has 0 aliphatic rings. The number of methoxy groups -OCH3 is 1. The van der Waals surface area contributed by atoms with Gasteiger partial charge in [-0.3, -0.25) is 14.4 Å². The van der Waals surface area contributed by atoms with E-state index in [0.29, 0.717) is 24.3 Å². The molecule has 0 amide bonds. The van der Waals surface area contributed by atoms with Crippen LogP contribution in [0.15, 0.2) is 24.3 Å². The summed E-state index contributed by atoms with van der Waals surface area (Å²) in [6.45, 7) is 6.28. The zero-order valence-electron chi connectivity index (χ0n) is 21.9. The fraction of sp³-hybridized carbons (Fsp3) is 0.577. The molecule has 0 bridgehead atoms. The molecule has 2 atom stereocenters. The minimum absolute atomic E-state index is 0.102. The number of rotatable bonds is 16. The van der Waals surface area contributed by atoms with E-state index in [1.54, 1.807) is 20.8 Å². The summed E-state index contributed by atoms with van der Waals surface area (Å²) in [5.41, 5.74) is -1.18. The maximum absolute atomic E-state index is 12.7. The number of aromatic carboxylic acids is 1. The highest BCUT2D eigenvalue weighted by Gasteiger charge is 2.29. The number of hydrogen-bond acceptors (Lipinski definition) is 10. The fourth-order valence-corrected chi connectivity index (χ4v) is 3.80. The summed E-state index contributed by atoms with van der Waals surface area (Å²) in [5, 5.41) is 9.34. The van der Waals surface area contributed by atoms with Crippen molar-refractivity contribution in [3.63, 3.8) is 0 Å². The molecule has 0 aromatic heterocycles. The molecule has 0 aliphatic carbocycles. The van der Waals surface area contributed by atoms with Crippen LogP contribution in [0, 0.1) is 11.3 Å². The van der Waals surface area contributed by atoms with Gasteiger partial charge in [0.15, 0.2) is 6.10 Å². The molecular weight excluding hydrogens is 504 g/mol. The Morgan fingerprint density at radius 3 is 2.24 bits per heavy atom. The Labute approximate surface area is 221 Å². The van der Waals surface area contributed by atoms with Crippen molar-refractivity contribution in [1.82, 2.24) is 0 Å². The van der Waals surface area contributed by atoms with E-state index in [1.165, 1.54) is 43.1 Å². The van der Waals surface area contributed by atoms with E-state index >= 15 is 0 Å². The van der Waals surface area contributed by atoms with Gasteiger partial charge in [-0.1, -0.05) is 26.0 Å².